The number of aromatic nitrogens is 3. The molecule has 5 nitrogen and oxygen atoms in total. The van der Waals surface area contributed by atoms with E-state index in [4.69, 9.17) is 5.73 Å². The fraction of sp³-hybridized carbons (Fsp3) is 0.533. The molecule has 20 heavy (non-hydrogen) atoms. The third-order valence-corrected chi connectivity index (χ3v) is 4.12. The Morgan fingerprint density at radius 2 is 2.05 bits per heavy atom. The van der Waals surface area contributed by atoms with E-state index in [1.807, 2.05) is 6.07 Å². The van der Waals surface area contributed by atoms with Crippen LogP contribution in [0.25, 0.3) is 11.0 Å². The Bertz CT molecular complexity index is 598. The van der Waals surface area contributed by atoms with Gasteiger partial charge < -0.3 is 11.1 Å². The minimum Gasteiger partial charge on any atom is -0.384 e. The molecule has 5 heteroatoms. The molecule has 0 saturated heterocycles. The van der Waals surface area contributed by atoms with E-state index in [0.717, 1.165) is 17.1 Å². The van der Waals surface area contributed by atoms with Crippen molar-refractivity contribution in [1.82, 2.24) is 15.0 Å². The van der Waals surface area contributed by atoms with Crippen LogP contribution in [-0.2, 0) is 0 Å². The number of nitrogen functional groups attached to an aromatic ring is 1. The largest absolute Gasteiger partial charge is 0.384 e. The van der Waals surface area contributed by atoms with Crippen LogP contribution in [0.3, 0.4) is 0 Å². The van der Waals surface area contributed by atoms with Crippen molar-refractivity contribution >= 4 is 22.7 Å². The molecule has 0 bridgehead atoms. The first-order chi connectivity index (χ1) is 9.72. The normalized spacial score (nSPS) is 23.4. The van der Waals surface area contributed by atoms with Gasteiger partial charge in [-0.15, -0.1) is 0 Å². The van der Waals surface area contributed by atoms with Crippen LogP contribution < -0.4 is 11.1 Å². The fourth-order valence-electron chi connectivity index (χ4n) is 2.90. The van der Waals surface area contributed by atoms with E-state index in [9.17, 15) is 0 Å². The molecule has 0 radical (unpaired) electrons. The third kappa shape index (κ3) is 2.81. The predicted octanol–water partition coefficient (Wildman–Crippen LogP) is 2.99. The van der Waals surface area contributed by atoms with Crippen molar-refractivity contribution in [3.05, 3.63) is 18.5 Å². The van der Waals surface area contributed by atoms with Gasteiger partial charge >= 0.3 is 0 Å². The number of nitrogens with two attached hydrogens (primary N) is 1. The van der Waals surface area contributed by atoms with Crippen molar-refractivity contribution in [2.75, 3.05) is 11.1 Å². The predicted molar refractivity (Wildman–Crippen MR) is 81.4 cm³/mol. The van der Waals surface area contributed by atoms with Crippen LogP contribution in [0, 0.1) is 5.92 Å². The zero-order valence-electron chi connectivity index (χ0n) is 11.8. The quantitative estimate of drug-likeness (QED) is 0.821. The number of hydrogen-bond donors (Lipinski definition) is 2. The van der Waals surface area contributed by atoms with E-state index in [-0.39, 0.29) is 0 Å². The highest BCUT2D eigenvalue weighted by Gasteiger charge is 2.17. The van der Waals surface area contributed by atoms with Gasteiger partial charge in [0.2, 0.25) is 0 Å². The lowest BCUT2D eigenvalue weighted by atomic mass is 10.0. The lowest BCUT2D eigenvalue weighted by Gasteiger charge is -2.17. The van der Waals surface area contributed by atoms with E-state index in [1.54, 1.807) is 12.4 Å². The van der Waals surface area contributed by atoms with Gasteiger partial charge in [0.05, 0.1) is 5.39 Å². The van der Waals surface area contributed by atoms with E-state index in [1.165, 1.54) is 32.1 Å². The second kappa shape index (κ2) is 5.61. The van der Waals surface area contributed by atoms with Crippen molar-refractivity contribution in [2.45, 2.75) is 45.1 Å². The number of fused-ring (bicyclic) bond motifs is 1. The molecule has 1 aliphatic carbocycles. The number of nitrogens with one attached hydrogen (secondary N) is 1. The number of hydrogen-bond acceptors (Lipinski definition) is 5. The first kappa shape index (κ1) is 13.1. The van der Waals surface area contributed by atoms with Crippen molar-refractivity contribution in [1.29, 1.82) is 0 Å². The molecule has 106 valence electrons. The van der Waals surface area contributed by atoms with E-state index >= 15 is 0 Å². The molecule has 0 aliphatic heterocycles. The van der Waals surface area contributed by atoms with Crippen LogP contribution >= 0.6 is 0 Å². The molecule has 0 aromatic carbocycles. The second-order valence-electron chi connectivity index (χ2n) is 5.78. The summed E-state index contributed by atoms with van der Waals surface area (Å²) in [6, 6.07) is 4.24. The number of nitrogens with zero attached hydrogens (tertiary/aromatic N) is 3. The molecule has 3 rings (SSSR count). The van der Waals surface area contributed by atoms with Crippen LogP contribution in [-0.4, -0.2) is 21.0 Å². The number of rotatable bonds is 2. The average Bonchev–Trinajstić information content (AvgIpc) is 2.64. The van der Waals surface area contributed by atoms with Crippen LogP contribution in [0.2, 0.25) is 0 Å². The topological polar surface area (TPSA) is 76.7 Å². The Morgan fingerprint density at radius 3 is 2.95 bits per heavy atom. The molecule has 0 amide bonds. The molecule has 2 unspecified atom stereocenters. The zero-order chi connectivity index (χ0) is 13.9. The van der Waals surface area contributed by atoms with Crippen molar-refractivity contribution in [2.24, 2.45) is 5.92 Å². The summed E-state index contributed by atoms with van der Waals surface area (Å²) in [4.78, 5) is 12.8. The van der Waals surface area contributed by atoms with Gasteiger partial charge in [-0.3, -0.25) is 0 Å². The maximum Gasteiger partial charge on any atom is 0.166 e. The number of anilines is 2. The standard InChI is InChI=1S/C15H21N5/c1-10-3-2-4-11(6-5-10)19-14-12-7-8-13(16)20-15(12)18-9-17-14/h7-11H,2-6H2,1H3,(H3,16,17,18,19,20). The monoisotopic (exact) mass is 271 g/mol. The maximum atomic E-state index is 5.70. The first-order valence-electron chi connectivity index (χ1n) is 7.36. The molecule has 2 atom stereocenters. The summed E-state index contributed by atoms with van der Waals surface area (Å²) in [5.41, 5.74) is 6.36. The Labute approximate surface area is 119 Å². The van der Waals surface area contributed by atoms with Gasteiger partial charge in [0, 0.05) is 6.04 Å². The zero-order valence-corrected chi connectivity index (χ0v) is 11.8. The Kier molecular flexibility index (Phi) is 3.67. The van der Waals surface area contributed by atoms with Gasteiger partial charge in [-0.25, -0.2) is 15.0 Å². The highest BCUT2D eigenvalue weighted by Crippen LogP contribution is 2.26. The smallest absolute Gasteiger partial charge is 0.166 e. The minimum absolute atomic E-state index is 0.491. The van der Waals surface area contributed by atoms with Gasteiger partial charge in [-0.1, -0.05) is 19.8 Å². The Hall–Kier alpha value is -1.91. The van der Waals surface area contributed by atoms with Crippen LogP contribution in [0.5, 0.6) is 0 Å². The van der Waals surface area contributed by atoms with Gasteiger partial charge in [-0.05, 0) is 37.3 Å². The molecular formula is C15H21N5. The molecular weight excluding hydrogens is 250 g/mol. The molecule has 1 saturated carbocycles. The molecule has 2 aromatic heterocycles. The number of pyridine rings is 1. The first-order valence-corrected chi connectivity index (χ1v) is 7.36. The lowest BCUT2D eigenvalue weighted by Crippen LogP contribution is -2.19. The van der Waals surface area contributed by atoms with Crippen LogP contribution in [0.15, 0.2) is 18.5 Å². The van der Waals surface area contributed by atoms with Gasteiger partial charge in [0.25, 0.3) is 0 Å². The summed E-state index contributed by atoms with van der Waals surface area (Å²) >= 11 is 0. The third-order valence-electron chi connectivity index (χ3n) is 4.12. The van der Waals surface area contributed by atoms with Crippen LogP contribution in [0.4, 0.5) is 11.6 Å². The van der Waals surface area contributed by atoms with E-state index in [2.05, 4.69) is 27.2 Å². The summed E-state index contributed by atoms with van der Waals surface area (Å²) < 4.78 is 0. The molecule has 2 aromatic rings. The SMILES string of the molecule is CC1CCCC(Nc2ncnc3nc(N)ccc23)CC1. The Balaban J connectivity index is 1.83. The summed E-state index contributed by atoms with van der Waals surface area (Å²) in [6.07, 6.45) is 7.86. The maximum absolute atomic E-state index is 5.70. The second-order valence-corrected chi connectivity index (χ2v) is 5.78. The highest BCUT2D eigenvalue weighted by atomic mass is 15.1. The average molecular weight is 271 g/mol. The highest BCUT2D eigenvalue weighted by molar-refractivity contribution is 5.87. The van der Waals surface area contributed by atoms with Gasteiger partial charge in [0.1, 0.15) is 18.0 Å². The van der Waals surface area contributed by atoms with E-state index in [0.29, 0.717) is 17.5 Å². The summed E-state index contributed by atoms with van der Waals surface area (Å²) in [5.74, 6) is 2.21. The minimum atomic E-state index is 0.491. The van der Waals surface area contributed by atoms with E-state index < -0.39 is 0 Å². The molecule has 1 aliphatic rings. The fourth-order valence-corrected chi connectivity index (χ4v) is 2.90. The summed E-state index contributed by atoms with van der Waals surface area (Å²) in [7, 11) is 0. The van der Waals surface area contributed by atoms with Crippen molar-refractivity contribution in [3.63, 3.8) is 0 Å². The lowest BCUT2D eigenvalue weighted by molar-refractivity contribution is 0.502. The summed E-state index contributed by atoms with van der Waals surface area (Å²) in [5, 5.41) is 4.52. The van der Waals surface area contributed by atoms with Crippen molar-refractivity contribution < 1.29 is 0 Å². The summed E-state index contributed by atoms with van der Waals surface area (Å²) in [6.45, 7) is 2.34. The molecule has 0 spiro atoms. The molecule has 1 fully saturated rings. The molecule has 2 heterocycles. The molecule has 3 N–H and O–H groups in total. The van der Waals surface area contributed by atoms with Crippen molar-refractivity contribution in [3.8, 4) is 0 Å². The van der Waals surface area contributed by atoms with Gasteiger partial charge in [0.15, 0.2) is 5.65 Å². The van der Waals surface area contributed by atoms with Gasteiger partial charge in [-0.2, -0.15) is 0 Å². The Morgan fingerprint density at radius 1 is 1.15 bits per heavy atom. The van der Waals surface area contributed by atoms with Crippen LogP contribution in [0.1, 0.15) is 39.0 Å².